The van der Waals surface area contributed by atoms with Crippen molar-refractivity contribution >= 4 is 17.3 Å². The first kappa shape index (κ1) is 30.4. The summed E-state index contributed by atoms with van der Waals surface area (Å²) in [4.78, 5) is 13.8. The second-order valence-corrected chi connectivity index (χ2v) is 11.6. The standard InChI is InChI=1S/C23H22F6N2O3.C4H11N/c1-21(2)11-31(12-22(24,25)26)19-17(7-15(23(27,28)29)8-18(19)34-21)13-4-3-5-16(6-13)30-9-14(10-30)20(32)33;1-4(2,3)5/h3-8,14H,9-12H2,1-2H3,(H,32,33);5H2,1-3H3. The zero-order chi connectivity index (χ0) is 29.6. The molecule has 0 atom stereocenters. The second-order valence-electron chi connectivity index (χ2n) is 11.6. The molecule has 0 aliphatic carbocycles. The Labute approximate surface area is 223 Å². The monoisotopic (exact) mass is 561 g/mol. The third kappa shape index (κ3) is 8.17. The molecule has 2 aromatic rings. The highest BCUT2D eigenvalue weighted by molar-refractivity contribution is 5.86. The summed E-state index contributed by atoms with van der Waals surface area (Å²) >= 11 is 0. The topological polar surface area (TPSA) is 79.0 Å². The van der Waals surface area contributed by atoms with Gasteiger partial charge >= 0.3 is 18.3 Å². The normalized spacial score (nSPS) is 17.4. The van der Waals surface area contributed by atoms with Crippen LogP contribution >= 0.6 is 0 Å². The Kier molecular flexibility index (Phi) is 8.13. The van der Waals surface area contributed by atoms with E-state index in [4.69, 9.17) is 15.6 Å². The molecule has 0 saturated carbocycles. The van der Waals surface area contributed by atoms with Gasteiger partial charge in [0.2, 0.25) is 0 Å². The van der Waals surface area contributed by atoms with Crippen LogP contribution in [0.2, 0.25) is 0 Å². The van der Waals surface area contributed by atoms with Crippen LogP contribution in [0.15, 0.2) is 36.4 Å². The largest absolute Gasteiger partial charge is 0.484 e. The number of anilines is 2. The van der Waals surface area contributed by atoms with Crippen molar-refractivity contribution in [1.29, 1.82) is 0 Å². The molecule has 0 aromatic heterocycles. The summed E-state index contributed by atoms with van der Waals surface area (Å²) in [6, 6.07) is 7.89. The predicted molar refractivity (Wildman–Crippen MR) is 137 cm³/mol. The van der Waals surface area contributed by atoms with E-state index in [1.54, 1.807) is 23.1 Å². The van der Waals surface area contributed by atoms with Gasteiger partial charge in [-0.15, -0.1) is 0 Å². The third-order valence-corrected chi connectivity index (χ3v) is 5.80. The molecule has 0 unspecified atom stereocenters. The smallest absolute Gasteiger partial charge is 0.416 e. The van der Waals surface area contributed by atoms with E-state index in [1.807, 2.05) is 20.8 Å². The summed E-state index contributed by atoms with van der Waals surface area (Å²) in [5.41, 5.74) is 3.91. The summed E-state index contributed by atoms with van der Waals surface area (Å²) in [5, 5.41) is 9.09. The molecule has 1 saturated heterocycles. The molecule has 12 heteroatoms. The van der Waals surface area contributed by atoms with Crippen LogP contribution in [-0.2, 0) is 11.0 Å². The lowest BCUT2D eigenvalue weighted by Crippen LogP contribution is -2.50. The Morgan fingerprint density at radius 1 is 1.08 bits per heavy atom. The van der Waals surface area contributed by atoms with E-state index in [0.717, 1.165) is 17.0 Å². The molecule has 0 bridgehead atoms. The molecule has 39 heavy (non-hydrogen) atoms. The molecular weight excluding hydrogens is 528 g/mol. The highest BCUT2D eigenvalue weighted by Crippen LogP contribution is 2.48. The number of hydrogen-bond acceptors (Lipinski definition) is 5. The summed E-state index contributed by atoms with van der Waals surface area (Å²) < 4.78 is 87.0. The number of aliphatic carboxylic acids is 1. The number of carboxylic acids is 1. The fourth-order valence-electron chi connectivity index (χ4n) is 4.33. The predicted octanol–water partition coefficient (Wildman–Crippen LogP) is 6.18. The van der Waals surface area contributed by atoms with E-state index in [9.17, 15) is 31.1 Å². The fourth-order valence-corrected chi connectivity index (χ4v) is 4.33. The minimum absolute atomic E-state index is 0. The number of nitrogens with zero attached hydrogens (tertiary/aromatic N) is 2. The molecule has 4 rings (SSSR count). The molecule has 2 aromatic carbocycles. The summed E-state index contributed by atoms with van der Waals surface area (Å²) in [6.07, 6.45) is -9.33. The Bertz CT molecular complexity index is 1190. The number of carboxylic acid groups (broad SMARTS) is 1. The van der Waals surface area contributed by atoms with Gasteiger partial charge in [0.1, 0.15) is 17.9 Å². The lowest BCUT2D eigenvalue weighted by atomic mass is 9.94. The van der Waals surface area contributed by atoms with Crippen LogP contribution in [0.3, 0.4) is 0 Å². The minimum Gasteiger partial charge on any atom is -0.484 e. The lowest BCUT2D eigenvalue weighted by molar-refractivity contribution is -0.142. The Hall–Kier alpha value is -3.15. The molecule has 0 amide bonds. The summed E-state index contributed by atoms with van der Waals surface area (Å²) in [7, 11) is 0. The van der Waals surface area contributed by atoms with Gasteiger partial charge in [-0.25, -0.2) is 0 Å². The van der Waals surface area contributed by atoms with E-state index in [2.05, 4.69) is 0 Å². The molecule has 2 heterocycles. The second kappa shape index (κ2) is 10.4. The van der Waals surface area contributed by atoms with Gasteiger partial charge < -0.3 is 25.4 Å². The first-order chi connectivity index (χ1) is 17.6. The van der Waals surface area contributed by atoms with Crippen LogP contribution in [0.5, 0.6) is 5.75 Å². The lowest BCUT2D eigenvalue weighted by Gasteiger charge is -2.42. The van der Waals surface area contributed by atoms with Gasteiger partial charge in [0.15, 0.2) is 0 Å². The first-order valence-corrected chi connectivity index (χ1v) is 12.3. The summed E-state index contributed by atoms with van der Waals surface area (Å²) in [6.45, 7) is 7.87. The molecule has 0 radical (unpaired) electrons. The maximum absolute atomic E-state index is 13.7. The molecule has 3 N–H and O–H groups in total. The van der Waals surface area contributed by atoms with Crippen LogP contribution in [0.1, 0.15) is 40.2 Å². The van der Waals surface area contributed by atoms with Crippen molar-refractivity contribution in [3.63, 3.8) is 0 Å². The fraction of sp³-hybridized carbons (Fsp3) is 0.519. The van der Waals surface area contributed by atoms with Gasteiger partial charge in [-0.3, -0.25) is 4.79 Å². The van der Waals surface area contributed by atoms with E-state index in [0.29, 0.717) is 5.69 Å². The highest BCUT2D eigenvalue weighted by atomic mass is 19.4. The first-order valence-electron chi connectivity index (χ1n) is 12.3. The highest BCUT2D eigenvalue weighted by Gasteiger charge is 2.42. The molecule has 6 nitrogen and oxygen atoms in total. The maximum atomic E-state index is 13.7. The number of carbonyl (C=O) groups is 1. The van der Waals surface area contributed by atoms with Crippen molar-refractivity contribution in [2.24, 2.45) is 11.7 Å². The van der Waals surface area contributed by atoms with E-state index in [-0.39, 0.29) is 47.7 Å². The van der Waals surface area contributed by atoms with Gasteiger partial charge in [0, 0.05) is 29.9 Å². The molecule has 1 fully saturated rings. The quantitative estimate of drug-likeness (QED) is 0.435. The van der Waals surface area contributed by atoms with Crippen molar-refractivity contribution in [3.05, 3.63) is 42.0 Å². The molecule has 216 valence electrons. The Morgan fingerprint density at radius 2 is 1.67 bits per heavy atom. The van der Waals surface area contributed by atoms with Crippen molar-refractivity contribution in [2.45, 2.75) is 58.1 Å². The van der Waals surface area contributed by atoms with Crippen LogP contribution in [0, 0.1) is 5.92 Å². The number of fused-ring (bicyclic) bond motifs is 1. The van der Waals surface area contributed by atoms with Crippen LogP contribution in [-0.4, -0.2) is 54.6 Å². The van der Waals surface area contributed by atoms with Crippen LogP contribution in [0.25, 0.3) is 11.1 Å². The van der Waals surface area contributed by atoms with Crippen LogP contribution in [0.4, 0.5) is 37.7 Å². The van der Waals surface area contributed by atoms with E-state index < -0.39 is 41.9 Å². The zero-order valence-corrected chi connectivity index (χ0v) is 22.4. The van der Waals surface area contributed by atoms with Gasteiger partial charge in [-0.05, 0) is 64.4 Å². The molecule has 0 spiro atoms. The van der Waals surface area contributed by atoms with Gasteiger partial charge in [0.25, 0.3) is 0 Å². The average molecular weight is 562 g/mol. The maximum Gasteiger partial charge on any atom is 0.416 e. The van der Waals surface area contributed by atoms with Crippen molar-refractivity contribution < 1.29 is 41.0 Å². The van der Waals surface area contributed by atoms with Gasteiger partial charge in [-0.2, -0.15) is 26.3 Å². The van der Waals surface area contributed by atoms with Crippen molar-refractivity contribution in [1.82, 2.24) is 0 Å². The number of nitrogens with two attached hydrogens (primary N) is 1. The third-order valence-electron chi connectivity index (χ3n) is 5.80. The summed E-state index contributed by atoms with van der Waals surface area (Å²) in [5.74, 6) is -1.77. The van der Waals surface area contributed by atoms with Crippen LogP contribution < -0.4 is 20.3 Å². The number of halogens is 6. The Morgan fingerprint density at radius 3 is 2.18 bits per heavy atom. The molecule has 2 aliphatic rings. The van der Waals surface area contributed by atoms with Crippen molar-refractivity contribution in [3.8, 4) is 16.9 Å². The average Bonchev–Trinajstić information content (AvgIpc) is 2.67. The van der Waals surface area contributed by atoms with E-state index >= 15 is 0 Å². The Balaban J connectivity index is 0.000000771. The van der Waals surface area contributed by atoms with Gasteiger partial charge in [0.05, 0.1) is 23.7 Å². The number of ether oxygens (including phenoxy) is 1. The van der Waals surface area contributed by atoms with E-state index in [1.165, 1.54) is 19.9 Å². The number of rotatable bonds is 4. The number of hydrogen-bond donors (Lipinski definition) is 2. The molecular formula is C27H33F6N3O3. The van der Waals surface area contributed by atoms with Crippen molar-refractivity contribution in [2.75, 3.05) is 36.0 Å². The minimum atomic E-state index is -4.74. The molecule has 2 aliphatic heterocycles. The van der Waals surface area contributed by atoms with Gasteiger partial charge in [-0.1, -0.05) is 12.1 Å². The number of alkyl halides is 6. The SMILES string of the molecule is CC(C)(C)N.CC1(C)CN(CC(F)(F)F)c2c(cc(C(F)(F)F)cc2-c2cccc(N3CC(C(=O)O)C3)c2)O1. The number of benzene rings is 2. The zero-order valence-electron chi connectivity index (χ0n) is 22.4.